The molecule has 0 fully saturated rings. The highest BCUT2D eigenvalue weighted by molar-refractivity contribution is 7.89. The molecule has 0 aliphatic rings. The molecule has 0 unspecified atom stereocenters. The highest BCUT2D eigenvalue weighted by Crippen LogP contribution is 2.18. The van der Waals surface area contributed by atoms with Gasteiger partial charge in [0.1, 0.15) is 0 Å². The Morgan fingerprint density at radius 3 is 2.39 bits per heavy atom. The van der Waals surface area contributed by atoms with Crippen molar-refractivity contribution in [3.8, 4) is 0 Å². The van der Waals surface area contributed by atoms with Crippen LogP contribution in [0, 0.1) is 0 Å². The third-order valence-corrected chi connectivity index (χ3v) is 6.66. The Bertz CT molecular complexity index is 916. The number of carbonyl (C=O) groups is 2. The summed E-state index contributed by atoms with van der Waals surface area (Å²) in [6.45, 7) is 3.86. The lowest BCUT2D eigenvalue weighted by atomic mass is 10.3. The molecule has 1 aromatic heterocycles. The van der Waals surface area contributed by atoms with E-state index in [0.717, 1.165) is 4.88 Å². The summed E-state index contributed by atoms with van der Waals surface area (Å²) in [4.78, 5) is 24.6. The summed E-state index contributed by atoms with van der Waals surface area (Å²) in [5.41, 5.74) is 0.411. The van der Waals surface area contributed by atoms with E-state index >= 15 is 0 Å². The first-order valence-electron chi connectivity index (χ1n) is 8.65. The van der Waals surface area contributed by atoms with Gasteiger partial charge in [0.15, 0.2) is 6.61 Å². The normalized spacial score (nSPS) is 11.7. The van der Waals surface area contributed by atoms with Crippen molar-refractivity contribution in [1.29, 1.82) is 0 Å². The Kier molecular flexibility index (Phi) is 7.91. The molecule has 0 aliphatic heterocycles. The first-order chi connectivity index (χ1) is 13.4. The third kappa shape index (κ3) is 6.01. The summed E-state index contributed by atoms with van der Waals surface area (Å²) in [6, 6.07) is 9.56. The topological polar surface area (TPSA) is 92.8 Å². The van der Waals surface area contributed by atoms with Crippen molar-refractivity contribution in [1.82, 2.24) is 4.31 Å². The van der Waals surface area contributed by atoms with Crippen LogP contribution in [0.1, 0.15) is 18.7 Å². The summed E-state index contributed by atoms with van der Waals surface area (Å²) in [5.74, 6) is -1.14. The standard InChI is InChI=1S/C19H22N2O5S2/c1-3-21(4-2)28(24,25)17-10-7-15(8-11-17)20-18(22)14-26-19(23)12-9-16-6-5-13-27-16/h5-13H,3-4,14H2,1-2H3,(H,20,22)/b12-9+. The fourth-order valence-electron chi connectivity index (χ4n) is 2.34. The maximum Gasteiger partial charge on any atom is 0.331 e. The number of nitrogens with one attached hydrogen (secondary N) is 1. The maximum atomic E-state index is 12.4. The number of carbonyl (C=O) groups excluding carboxylic acids is 2. The quantitative estimate of drug-likeness (QED) is 0.495. The number of hydrogen-bond acceptors (Lipinski definition) is 6. The molecule has 2 aromatic rings. The van der Waals surface area contributed by atoms with E-state index in [9.17, 15) is 18.0 Å². The van der Waals surface area contributed by atoms with Gasteiger partial charge in [-0.25, -0.2) is 13.2 Å². The molecule has 7 nitrogen and oxygen atoms in total. The smallest absolute Gasteiger partial charge is 0.331 e. The van der Waals surface area contributed by atoms with Crippen molar-refractivity contribution < 1.29 is 22.7 Å². The van der Waals surface area contributed by atoms with E-state index in [1.54, 1.807) is 19.9 Å². The summed E-state index contributed by atoms with van der Waals surface area (Å²) < 4.78 is 31.1. The largest absolute Gasteiger partial charge is 0.452 e. The maximum absolute atomic E-state index is 12.4. The molecular formula is C19H22N2O5S2. The van der Waals surface area contributed by atoms with Crippen molar-refractivity contribution in [3.05, 3.63) is 52.7 Å². The van der Waals surface area contributed by atoms with Gasteiger partial charge in [-0.2, -0.15) is 4.31 Å². The van der Waals surface area contributed by atoms with Crippen LogP contribution < -0.4 is 5.32 Å². The van der Waals surface area contributed by atoms with Crippen molar-refractivity contribution >= 4 is 45.0 Å². The number of amides is 1. The second-order valence-corrected chi connectivity index (χ2v) is 8.54. The first-order valence-corrected chi connectivity index (χ1v) is 11.0. The Morgan fingerprint density at radius 2 is 1.82 bits per heavy atom. The molecule has 0 radical (unpaired) electrons. The van der Waals surface area contributed by atoms with Crippen molar-refractivity contribution in [2.45, 2.75) is 18.7 Å². The average Bonchev–Trinajstić information content (AvgIpc) is 3.19. The predicted octanol–water partition coefficient (Wildman–Crippen LogP) is 2.97. The fraction of sp³-hybridized carbons (Fsp3) is 0.263. The van der Waals surface area contributed by atoms with Crippen LogP contribution in [-0.4, -0.2) is 44.3 Å². The van der Waals surface area contributed by atoms with E-state index in [4.69, 9.17) is 4.74 Å². The molecule has 1 N–H and O–H groups in total. The number of hydrogen-bond donors (Lipinski definition) is 1. The van der Waals surface area contributed by atoms with Crippen molar-refractivity contribution in [2.75, 3.05) is 25.0 Å². The van der Waals surface area contributed by atoms with Gasteiger partial charge in [-0.05, 0) is 41.8 Å². The summed E-state index contributed by atoms with van der Waals surface area (Å²) in [7, 11) is -3.55. The summed E-state index contributed by atoms with van der Waals surface area (Å²) in [6.07, 6.45) is 2.87. The highest BCUT2D eigenvalue weighted by Gasteiger charge is 2.21. The number of rotatable bonds is 9. The second-order valence-electron chi connectivity index (χ2n) is 5.62. The van der Waals surface area contributed by atoms with Crippen LogP contribution in [0.5, 0.6) is 0 Å². The Labute approximate surface area is 168 Å². The van der Waals surface area contributed by atoms with Gasteiger partial charge in [-0.15, -0.1) is 11.3 Å². The lowest BCUT2D eigenvalue weighted by Gasteiger charge is -2.18. The van der Waals surface area contributed by atoms with Crippen LogP contribution in [0.15, 0.2) is 52.7 Å². The minimum atomic E-state index is -3.55. The van der Waals surface area contributed by atoms with Crippen LogP contribution >= 0.6 is 11.3 Å². The number of ether oxygens (including phenoxy) is 1. The van der Waals surface area contributed by atoms with Crippen molar-refractivity contribution in [2.24, 2.45) is 0 Å². The van der Waals surface area contributed by atoms with Gasteiger partial charge in [-0.1, -0.05) is 19.9 Å². The second kappa shape index (κ2) is 10.2. The van der Waals surface area contributed by atoms with Gasteiger partial charge < -0.3 is 10.1 Å². The lowest BCUT2D eigenvalue weighted by molar-refractivity contribution is -0.142. The summed E-state index contributed by atoms with van der Waals surface area (Å²) in [5, 5.41) is 4.44. The van der Waals surface area contributed by atoms with Crippen molar-refractivity contribution in [3.63, 3.8) is 0 Å². The molecule has 28 heavy (non-hydrogen) atoms. The monoisotopic (exact) mass is 422 g/mol. The Hall–Kier alpha value is -2.49. The molecule has 1 heterocycles. The number of sulfonamides is 1. The minimum absolute atomic E-state index is 0.152. The van der Waals surface area contributed by atoms with Gasteiger partial charge in [0.2, 0.25) is 10.0 Å². The fourth-order valence-corrected chi connectivity index (χ4v) is 4.42. The number of esters is 1. The van der Waals surface area contributed by atoms with E-state index in [2.05, 4.69) is 5.32 Å². The molecule has 1 amide bonds. The van der Waals surface area contributed by atoms with E-state index in [1.807, 2.05) is 17.5 Å². The number of anilines is 1. The van der Waals surface area contributed by atoms with Crippen LogP contribution in [0.25, 0.3) is 6.08 Å². The SMILES string of the molecule is CCN(CC)S(=O)(=O)c1ccc(NC(=O)COC(=O)/C=C/c2cccs2)cc1. The average molecular weight is 423 g/mol. The van der Waals surface area contributed by atoms with Crippen LogP contribution in [0.2, 0.25) is 0 Å². The number of benzene rings is 1. The molecular weight excluding hydrogens is 400 g/mol. The van der Waals surface area contributed by atoms with Gasteiger partial charge in [0.05, 0.1) is 4.90 Å². The highest BCUT2D eigenvalue weighted by atomic mass is 32.2. The lowest BCUT2D eigenvalue weighted by Crippen LogP contribution is -2.30. The molecule has 2 rings (SSSR count). The molecule has 0 saturated heterocycles. The number of thiophene rings is 1. The third-order valence-electron chi connectivity index (χ3n) is 3.75. The van der Waals surface area contributed by atoms with Gasteiger partial charge >= 0.3 is 5.97 Å². The molecule has 1 aromatic carbocycles. The minimum Gasteiger partial charge on any atom is -0.452 e. The molecule has 0 spiro atoms. The zero-order valence-corrected chi connectivity index (χ0v) is 17.3. The van der Waals surface area contributed by atoms with E-state index in [1.165, 1.54) is 46.0 Å². The molecule has 0 bridgehead atoms. The molecule has 0 aliphatic carbocycles. The van der Waals surface area contributed by atoms with E-state index in [-0.39, 0.29) is 4.90 Å². The first kappa shape index (κ1) is 21.8. The zero-order chi connectivity index (χ0) is 20.6. The van der Waals surface area contributed by atoms with Crippen LogP contribution in [0.4, 0.5) is 5.69 Å². The molecule has 0 atom stereocenters. The van der Waals surface area contributed by atoms with Crippen LogP contribution in [0.3, 0.4) is 0 Å². The van der Waals surface area contributed by atoms with Gasteiger partial charge in [-0.3, -0.25) is 4.79 Å². The van der Waals surface area contributed by atoms with Crippen LogP contribution in [-0.2, 0) is 24.3 Å². The summed E-state index contributed by atoms with van der Waals surface area (Å²) >= 11 is 1.48. The Morgan fingerprint density at radius 1 is 1.14 bits per heavy atom. The zero-order valence-electron chi connectivity index (χ0n) is 15.6. The number of nitrogens with zero attached hydrogens (tertiary/aromatic N) is 1. The Balaban J connectivity index is 1.88. The predicted molar refractivity (Wildman–Crippen MR) is 109 cm³/mol. The molecule has 0 saturated carbocycles. The van der Waals surface area contributed by atoms with Gasteiger partial charge in [0, 0.05) is 29.7 Å². The van der Waals surface area contributed by atoms with Gasteiger partial charge in [0.25, 0.3) is 5.91 Å². The van der Waals surface area contributed by atoms with E-state index < -0.39 is 28.5 Å². The molecule has 9 heteroatoms. The van der Waals surface area contributed by atoms with E-state index in [0.29, 0.717) is 18.8 Å². The molecule has 150 valence electrons.